The Balaban J connectivity index is 2.95. The van der Waals surface area contributed by atoms with Gasteiger partial charge in [0.25, 0.3) is 0 Å². The van der Waals surface area contributed by atoms with E-state index in [9.17, 15) is 13.2 Å². The molecule has 0 saturated carbocycles. The maximum atomic E-state index is 12.5. The van der Waals surface area contributed by atoms with Crippen LogP contribution in [0.2, 0.25) is 5.02 Å². The maximum Gasteiger partial charge on any atom is 0.417 e. The van der Waals surface area contributed by atoms with Crippen LogP contribution in [0.25, 0.3) is 0 Å². The van der Waals surface area contributed by atoms with Crippen LogP contribution in [0, 0.1) is 0 Å². The Labute approximate surface area is 95.8 Å². The Morgan fingerprint density at radius 3 is 2.53 bits per heavy atom. The minimum absolute atomic E-state index is 0.243. The lowest BCUT2D eigenvalue weighted by Gasteiger charge is -2.10. The summed E-state index contributed by atoms with van der Waals surface area (Å²) in [5, 5.41) is -0.243. The normalized spacial score (nSPS) is 11.8. The predicted octanol–water partition coefficient (Wildman–Crippen LogP) is 4.61. The average molecular weight is 255 g/mol. The first-order valence-corrected chi connectivity index (χ1v) is 5.91. The fourth-order valence-corrected chi connectivity index (χ4v) is 1.94. The molecular formula is C10H10ClF3S. The quantitative estimate of drug-likeness (QED) is 0.759. The van der Waals surface area contributed by atoms with Crippen LogP contribution in [0.5, 0.6) is 0 Å². The molecule has 1 rings (SSSR count). The molecule has 15 heavy (non-hydrogen) atoms. The monoisotopic (exact) mass is 254 g/mol. The highest BCUT2D eigenvalue weighted by Crippen LogP contribution is 2.35. The van der Waals surface area contributed by atoms with Gasteiger partial charge in [-0.3, -0.25) is 0 Å². The lowest BCUT2D eigenvalue weighted by molar-refractivity contribution is -0.137. The highest BCUT2D eigenvalue weighted by Gasteiger charge is 2.33. The van der Waals surface area contributed by atoms with Gasteiger partial charge in [-0.15, -0.1) is 0 Å². The average Bonchev–Trinajstić information content (AvgIpc) is 2.15. The molecule has 1 aromatic rings. The molecule has 0 aliphatic carbocycles. The van der Waals surface area contributed by atoms with Crippen molar-refractivity contribution >= 4 is 23.4 Å². The highest BCUT2D eigenvalue weighted by molar-refractivity contribution is 7.98. The second kappa shape index (κ2) is 5.12. The Morgan fingerprint density at radius 2 is 2.00 bits per heavy atom. The summed E-state index contributed by atoms with van der Waals surface area (Å²) in [6.45, 7) is 1.96. The first-order chi connectivity index (χ1) is 6.95. The van der Waals surface area contributed by atoms with Crippen molar-refractivity contribution in [3.8, 4) is 0 Å². The SMILES string of the molecule is CCSCc1ccc(Cl)c(C(F)(F)F)c1. The lowest BCUT2D eigenvalue weighted by atomic mass is 10.1. The number of thioether (sulfide) groups is 1. The molecule has 0 bridgehead atoms. The van der Waals surface area contributed by atoms with E-state index in [1.807, 2.05) is 6.92 Å². The van der Waals surface area contributed by atoms with Crippen LogP contribution in [0.4, 0.5) is 13.2 Å². The van der Waals surface area contributed by atoms with Crippen molar-refractivity contribution in [1.82, 2.24) is 0 Å². The van der Waals surface area contributed by atoms with Crippen molar-refractivity contribution in [2.75, 3.05) is 5.75 Å². The minimum atomic E-state index is -4.37. The molecular weight excluding hydrogens is 245 g/mol. The number of halogens is 4. The standard InChI is InChI=1S/C10H10ClF3S/c1-2-15-6-7-3-4-9(11)8(5-7)10(12,13)14/h3-5H,2,6H2,1H3. The van der Waals surface area contributed by atoms with E-state index in [0.717, 1.165) is 11.8 Å². The molecule has 0 fully saturated rings. The summed E-state index contributed by atoms with van der Waals surface area (Å²) in [6.07, 6.45) is -4.37. The van der Waals surface area contributed by atoms with Crippen molar-refractivity contribution in [2.45, 2.75) is 18.9 Å². The van der Waals surface area contributed by atoms with E-state index < -0.39 is 11.7 Å². The molecule has 0 radical (unpaired) electrons. The summed E-state index contributed by atoms with van der Waals surface area (Å²) in [7, 11) is 0. The smallest absolute Gasteiger partial charge is 0.166 e. The first-order valence-electron chi connectivity index (χ1n) is 4.38. The van der Waals surface area contributed by atoms with E-state index >= 15 is 0 Å². The molecule has 0 atom stereocenters. The predicted molar refractivity (Wildman–Crippen MR) is 58.3 cm³/mol. The molecule has 0 aliphatic rings. The van der Waals surface area contributed by atoms with Gasteiger partial charge in [0.15, 0.2) is 0 Å². The third-order valence-electron chi connectivity index (χ3n) is 1.81. The van der Waals surface area contributed by atoms with Gasteiger partial charge in [-0.1, -0.05) is 24.6 Å². The molecule has 0 unspecified atom stereocenters. The largest absolute Gasteiger partial charge is 0.417 e. The molecule has 5 heteroatoms. The van der Waals surface area contributed by atoms with Crippen LogP contribution >= 0.6 is 23.4 Å². The van der Waals surface area contributed by atoms with Gasteiger partial charge >= 0.3 is 6.18 Å². The highest BCUT2D eigenvalue weighted by atomic mass is 35.5. The molecule has 0 aromatic heterocycles. The van der Waals surface area contributed by atoms with Crippen molar-refractivity contribution in [3.05, 3.63) is 34.3 Å². The van der Waals surface area contributed by atoms with Gasteiger partial charge in [-0.2, -0.15) is 24.9 Å². The number of alkyl halides is 3. The van der Waals surface area contributed by atoms with E-state index in [4.69, 9.17) is 11.6 Å². The summed E-state index contributed by atoms with van der Waals surface area (Å²) in [5.41, 5.74) is -0.100. The van der Waals surface area contributed by atoms with Gasteiger partial charge < -0.3 is 0 Å². The Morgan fingerprint density at radius 1 is 1.33 bits per heavy atom. The molecule has 0 aliphatic heterocycles. The molecule has 0 N–H and O–H groups in total. The molecule has 0 saturated heterocycles. The molecule has 0 amide bonds. The Bertz CT molecular complexity index is 336. The zero-order chi connectivity index (χ0) is 11.5. The maximum absolute atomic E-state index is 12.5. The molecule has 1 aromatic carbocycles. The zero-order valence-electron chi connectivity index (χ0n) is 8.07. The lowest BCUT2D eigenvalue weighted by Crippen LogP contribution is -2.06. The van der Waals surface area contributed by atoms with Gasteiger partial charge in [0.2, 0.25) is 0 Å². The zero-order valence-corrected chi connectivity index (χ0v) is 9.64. The molecule has 84 valence electrons. The fourth-order valence-electron chi connectivity index (χ4n) is 1.10. The van der Waals surface area contributed by atoms with Crippen molar-refractivity contribution in [3.63, 3.8) is 0 Å². The van der Waals surface area contributed by atoms with E-state index in [1.54, 1.807) is 17.8 Å². The number of hydrogen-bond donors (Lipinski definition) is 0. The summed E-state index contributed by atoms with van der Waals surface area (Å²) in [4.78, 5) is 0. The third kappa shape index (κ3) is 3.61. The van der Waals surface area contributed by atoms with E-state index in [0.29, 0.717) is 11.3 Å². The van der Waals surface area contributed by atoms with Crippen LogP contribution in [0.15, 0.2) is 18.2 Å². The van der Waals surface area contributed by atoms with Crippen LogP contribution in [0.1, 0.15) is 18.1 Å². The topological polar surface area (TPSA) is 0 Å². The summed E-state index contributed by atoms with van der Waals surface area (Å²) in [5.74, 6) is 1.46. The third-order valence-corrected chi connectivity index (χ3v) is 3.08. The second-order valence-electron chi connectivity index (χ2n) is 2.95. The first kappa shape index (κ1) is 12.7. The van der Waals surface area contributed by atoms with E-state index in [-0.39, 0.29) is 5.02 Å². The van der Waals surface area contributed by atoms with E-state index in [2.05, 4.69) is 0 Å². The van der Waals surface area contributed by atoms with Gasteiger partial charge in [0, 0.05) is 5.75 Å². The van der Waals surface area contributed by atoms with E-state index in [1.165, 1.54) is 6.07 Å². The van der Waals surface area contributed by atoms with Gasteiger partial charge in [-0.25, -0.2) is 0 Å². The summed E-state index contributed by atoms with van der Waals surface area (Å²) >= 11 is 7.06. The van der Waals surface area contributed by atoms with Crippen molar-refractivity contribution in [1.29, 1.82) is 0 Å². The minimum Gasteiger partial charge on any atom is -0.166 e. The van der Waals surface area contributed by atoms with Gasteiger partial charge in [0.05, 0.1) is 10.6 Å². The van der Waals surface area contributed by atoms with Crippen molar-refractivity contribution < 1.29 is 13.2 Å². The van der Waals surface area contributed by atoms with Crippen LogP contribution in [0.3, 0.4) is 0 Å². The van der Waals surface area contributed by atoms with Crippen LogP contribution in [-0.4, -0.2) is 5.75 Å². The summed E-state index contributed by atoms with van der Waals surface area (Å²) < 4.78 is 37.4. The number of hydrogen-bond acceptors (Lipinski definition) is 1. The Hall–Kier alpha value is -0.350. The summed E-state index contributed by atoms with van der Waals surface area (Å²) in [6, 6.07) is 4.04. The number of rotatable bonds is 3. The molecule has 0 heterocycles. The Kier molecular flexibility index (Phi) is 4.34. The van der Waals surface area contributed by atoms with Gasteiger partial charge in [-0.05, 0) is 23.4 Å². The van der Waals surface area contributed by atoms with Crippen molar-refractivity contribution in [2.24, 2.45) is 0 Å². The second-order valence-corrected chi connectivity index (χ2v) is 4.63. The number of benzene rings is 1. The fraction of sp³-hybridized carbons (Fsp3) is 0.400. The van der Waals surface area contributed by atoms with Crippen LogP contribution in [-0.2, 0) is 11.9 Å². The van der Waals surface area contributed by atoms with Crippen LogP contribution < -0.4 is 0 Å². The molecule has 0 spiro atoms. The molecule has 0 nitrogen and oxygen atoms in total. The van der Waals surface area contributed by atoms with Gasteiger partial charge in [0.1, 0.15) is 0 Å².